The number of rotatable bonds is 5. The van der Waals surface area contributed by atoms with Gasteiger partial charge in [-0.15, -0.1) is 0 Å². The number of nitrogens with zero attached hydrogens (tertiary/aromatic N) is 1. The summed E-state index contributed by atoms with van der Waals surface area (Å²) in [7, 11) is 0.130. The SMILES string of the molecule is CN(C)c1ccc(NS(=O)(=O)Cc2ccc(O)cc2O)cc1. The first kappa shape index (κ1) is 16.0. The maximum absolute atomic E-state index is 12.1. The Hall–Kier alpha value is -2.41. The van der Waals surface area contributed by atoms with Gasteiger partial charge in [-0.05, 0) is 30.3 Å². The number of hydrogen-bond donors (Lipinski definition) is 3. The molecule has 7 heteroatoms. The van der Waals surface area contributed by atoms with Crippen LogP contribution in [0, 0.1) is 0 Å². The fraction of sp³-hybridized carbons (Fsp3) is 0.200. The molecule has 6 nitrogen and oxygen atoms in total. The molecule has 0 bridgehead atoms. The van der Waals surface area contributed by atoms with Crippen LogP contribution in [0.15, 0.2) is 42.5 Å². The Balaban J connectivity index is 2.13. The predicted octanol–water partition coefficient (Wildman–Crippen LogP) is 2.11. The van der Waals surface area contributed by atoms with Crippen LogP contribution in [-0.2, 0) is 15.8 Å². The third kappa shape index (κ3) is 4.05. The zero-order valence-corrected chi connectivity index (χ0v) is 13.1. The number of phenols is 2. The van der Waals surface area contributed by atoms with Crippen LogP contribution in [0.1, 0.15) is 5.56 Å². The monoisotopic (exact) mass is 322 g/mol. The van der Waals surface area contributed by atoms with Crippen molar-refractivity contribution in [2.45, 2.75) is 5.75 Å². The van der Waals surface area contributed by atoms with E-state index in [0.29, 0.717) is 5.69 Å². The van der Waals surface area contributed by atoms with Crippen molar-refractivity contribution in [1.82, 2.24) is 0 Å². The van der Waals surface area contributed by atoms with Crippen molar-refractivity contribution < 1.29 is 18.6 Å². The topological polar surface area (TPSA) is 89.9 Å². The summed E-state index contributed by atoms with van der Waals surface area (Å²) >= 11 is 0. The number of anilines is 2. The van der Waals surface area contributed by atoms with Crippen molar-refractivity contribution in [3.63, 3.8) is 0 Å². The molecule has 22 heavy (non-hydrogen) atoms. The van der Waals surface area contributed by atoms with Gasteiger partial charge in [-0.25, -0.2) is 8.42 Å². The molecule has 0 radical (unpaired) electrons. The molecule has 118 valence electrons. The molecule has 0 aliphatic heterocycles. The lowest BCUT2D eigenvalue weighted by Gasteiger charge is -2.14. The van der Waals surface area contributed by atoms with Crippen LogP contribution < -0.4 is 9.62 Å². The van der Waals surface area contributed by atoms with Crippen LogP contribution in [0.4, 0.5) is 11.4 Å². The van der Waals surface area contributed by atoms with Crippen molar-refractivity contribution in [1.29, 1.82) is 0 Å². The van der Waals surface area contributed by atoms with Gasteiger partial charge in [0.2, 0.25) is 10.0 Å². The highest BCUT2D eigenvalue weighted by Gasteiger charge is 2.15. The van der Waals surface area contributed by atoms with Crippen molar-refractivity contribution >= 4 is 21.4 Å². The molecule has 0 aliphatic carbocycles. The Morgan fingerprint density at radius 3 is 2.23 bits per heavy atom. The second-order valence-electron chi connectivity index (χ2n) is 5.12. The van der Waals surface area contributed by atoms with Gasteiger partial charge in [-0.3, -0.25) is 4.72 Å². The average Bonchev–Trinajstić information content (AvgIpc) is 2.42. The van der Waals surface area contributed by atoms with Gasteiger partial charge < -0.3 is 15.1 Å². The smallest absolute Gasteiger partial charge is 0.237 e. The van der Waals surface area contributed by atoms with Crippen LogP contribution in [0.3, 0.4) is 0 Å². The molecular formula is C15H18N2O4S. The fourth-order valence-corrected chi connectivity index (χ4v) is 3.14. The van der Waals surface area contributed by atoms with Crippen LogP contribution in [0.25, 0.3) is 0 Å². The molecule has 2 aromatic carbocycles. The van der Waals surface area contributed by atoms with E-state index < -0.39 is 10.0 Å². The molecule has 0 atom stereocenters. The second kappa shape index (κ2) is 6.15. The van der Waals surface area contributed by atoms with Crippen LogP contribution in [0.2, 0.25) is 0 Å². The number of aromatic hydroxyl groups is 2. The predicted molar refractivity (Wildman–Crippen MR) is 86.8 cm³/mol. The molecule has 0 aliphatic rings. The largest absolute Gasteiger partial charge is 0.508 e. The van der Waals surface area contributed by atoms with Gasteiger partial charge in [0.05, 0.1) is 5.75 Å². The van der Waals surface area contributed by atoms with E-state index in [1.165, 1.54) is 12.1 Å². The molecule has 0 spiro atoms. The first-order chi connectivity index (χ1) is 10.3. The maximum atomic E-state index is 12.1. The Labute approximate surface area is 129 Å². The maximum Gasteiger partial charge on any atom is 0.237 e. The van der Waals surface area contributed by atoms with Gasteiger partial charge in [-0.1, -0.05) is 6.07 Å². The molecule has 0 fully saturated rings. The minimum atomic E-state index is -3.66. The normalized spacial score (nSPS) is 11.2. The summed E-state index contributed by atoms with van der Waals surface area (Å²) < 4.78 is 26.7. The van der Waals surface area contributed by atoms with Crippen molar-refractivity contribution in [3.8, 4) is 11.5 Å². The molecule has 0 saturated carbocycles. The standard InChI is InChI=1S/C15H18N2O4S/c1-17(2)13-6-4-12(5-7-13)16-22(20,21)10-11-3-8-14(18)9-15(11)19/h3-9,16,18-19H,10H2,1-2H3. The van der Waals surface area contributed by atoms with E-state index in [2.05, 4.69) is 4.72 Å². The number of nitrogens with one attached hydrogen (secondary N) is 1. The summed E-state index contributed by atoms with van der Waals surface area (Å²) in [6, 6.07) is 10.8. The van der Waals surface area contributed by atoms with Crippen molar-refractivity contribution in [2.75, 3.05) is 23.7 Å². The summed E-state index contributed by atoms with van der Waals surface area (Å²) in [5, 5.41) is 18.9. The molecule has 0 unspecified atom stereocenters. The molecule has 2 rings (SSSR count). The van der Waals surface area contributed by atoms with Crippen LogP contribution in [-0.4, -0.2) is 32.7 Å². The number of phenolic OH excluding ortho intramolecular Hbond substituents is 2. The lowest BCUT2D eigenvalue weighted by molar-refractivity contribution is 0.447. The number of sulfonamides is 1. The number of benzene rings is 2. The third-order valence-corrected chi connectivity index (χ3v) is 4.31. The van der Waals surface area contributed by atoms with Gasteiger partial charge in [0, 0.05) is 37.1 Å². The van der Waals surface area contributed by atoms with Crippen molar-refractivity contribution in [2.24, 2.45) is 0 Å². The van der Waals surface area contributed by atoms with Crippen molar-refractivity contribution in [3.05, 3.63) is 48.0 Å². The molecule has 2 aromatic rings. The zero-order chi connectivity index (χ0) is 16.3. The quantitative estimate of drug-likeness (QED) is 0.784. The molecule has 0 aromatic heterocycles. The molecule has 0 heterocycles. The first-order valence-corrected chi connectivity index (χ1v) is 8.21. The minimum Gasteiger partial charge on any atom is -0.508 e. The van der Waals surface area contributed by atoms with E-state index in [-0.39, 0.29) is 22.8 Å². The Kier molecular flexibility index (Phi) is 4.46. The van der Waals surface area contributed by atoms with Crippen LogP contribution in [0.5, 0.6) is 11.5 Å². The van der Waals surface area contributed by atoms with E-state index in [4.69, 9.17) is 0 Å². The first-order valence-electron chi connectivity index (χ1n) is 6.55. The summed E-state index contributed by atoms with van der Waals surface area (Å²) in [4.78, 5) is 1.91. The second-order valence-corrected chi connectivity index (χ2v) is 6.84. The molecule has 0 saturated heterocycles. The third-order valence-electron chi connectivity index (χ3n) is 3.07. The Morgan fingerprint density at radius 1 is 1.05 bits per heavy atom. The summed E-state index contributed by atoms with van der Waals surface area (Å²) in [5.41, 5.74) is 1.62. The van der Waals surface area contributed by atoms with Gasteiger partial charge in [0.15, 0.2) is 0 Å². The lowest BCUT2D eigenvalue weighted by Crippen LogP contribution is -2.15. The van der Waals surface area contributed by atoms with E-state index in [0.717, 1.165) is 11.8 Å². The lowest BCUT2D eigenvalue weighted by atomic mass is 10.2. The Bertz CT molecular complexity index is 756. The summed E-state index contributed by atoms with van der Waals surface area (Å²) in [6.07, 6.45) is 0. The van der Waals surface area contributed by atoms with Gasteiger partial charge in [0.25, 0.3) is 0 Å². The van der Waals surface area contributed by atoms with E-state index >= 15 is 0 Å². The molecule has 0 amide bonds. The fourth-order valence-electron chi connectivity index (χ4n) is 1.92. The highest BCUT2D eigenvalue weighted by atomic mass is 32.2. The molecule has 3 N–H and O–H groups in total. The highest BCUT2D eigenvalue weighted by Crippen LogP contribution is 2.25. The average molecular weight is 322 g/mol. The zero-order valence-electron chi connectivity index (χ0n) is 12.3. The minimum absolute atomic E-state index is 0.120. The summed E-state index contributed by atoms with van der Waals surface area (Å²) in [5.74, 6) is -0.756. The van der Waals surface area contributed by atoms with E-state index in [1.54, 1.807) is 24.3 Å². The van der Waals surface area contributed by atoms with Gasteiger partial charge in [-0.2, -0.15) is 0 Å². The molecular weight excluding hydrogens is 304 g/mol. The Morgan fingerprint density at radius 2 is 1.68 bits per heavy atom. The van der Waals surface area contributed by atoms with E-state index in [1.807, 2.05) is 19.0 Å². The van der Waals surface area contributed by atoms with Crippen LogP contribution >= 0.6 is 0 Å². The van der Waals surface area contributed by atoms with Gasteiger partial charge >= 0.3 is 0 Å². The summed E-state index contributed by atoms with van der Waals surface area (Å²) in [6.45, 7) is 0. The van der Waals surface area contributed by atoms with Gasteiger partial charge in [0.1, 0.15) is 11.5 Å². The van der Waals surface area contributed by atoms with E-state index in [9.17, 15) is 18.6 Å². The highest BCUT2D eigenvalue weighted by molar-refractivity contribution is 7.91. The number of hydrogen-bond acceptors (Lipinski definition) is 5.